The van der Waals surface area contributed by atoms with Crippen molar-refractivity contribution in [1.29, 1.82) is 0 Å². The minimum atomic E-state index is -1.08. The molecule has 8 heteroatoms. The summed E-state index contributed by atoms with van der Waals surface area (Å²) in [6.45, 7) is 3.46. The number of benzene rings is 1. The van der Waals surface area contributed by atoms with Crippen molar-refractivity contribution in [3.63, 3.8) is 0 Å². The van der Waals surface area contributed by atoms with Gasteiger partial charge in [0.25, 0.3) is 5.91 Å². The fraction of sp³-hybridized carbons (Fsp3) is 0.222. The summed E-state index contributed by atoms with van der Waals surface area (Å²) in [4.78, 5) is 23.9. The van der Waals surface area contributed by atoms with Crippen molar-refractivity contribution in [2.75, 3.05) is 5.73 Å². The van der Waals surface area contributed by atoms with Gasteiger partial charge in [-0.3, -0.25) is 9.20 Å². The van der Waals surface area contributed by atoms with E-state index in [0.717, 1.165) is 5.56 Å². The molecule has 0 fully saturated rings. The summed E-state index contributed by atoms with van der Waals surface area (Å²) >= 11 is 0. The van der Waals surface area contributed by atoms with Crippen LogP contribution in [0.5, 0.6) is 0 Å². The molecular formula is C18H19N5O3. The van der Waals surface area contributed by atoms with Gasteiger partial charge in [0.2, 0.25) is 0 Å². The number of aliphatic carboxylic acids is 1. The molecule has 1 unspecified atom stereocenters. The summed E-state index contributed by atoms with van der Waals surface area (Å²) in [5.74, 6) is -1.27. The first-order chi connectivity index (χ1) is 12.4. The number of carbonyl (C=O) groups is 2. The molecule has 4 N–H and O–H groups in total. The molecule has 2 heterocycles. The van der Waals surface area contributed by atoms with Gasteiger partial charge >= 0.3 is 5.97 Å². The second kappa shape index (κ2) is 6.83. The third-order valence-electron chi connectivity index (χ3n) is 4.07. The number of rotatable bonds is 5. The Morgan fingerprint density at radius 3 is 2.46 bits per heavy atom. The van der Waals surface area contributed by atoms with E-state index < -0.39 is 17.9 Å². The van der Waals surface area contributed by atoms with Gasteiger partial charge in [0.1, 0.15) is 6.04 Å². The molecule has 26 heavy (non-hydrogen) atoms. The van der Waals surface area contributed by atoms with Gasteiger partial charge in [0.15, 0.2) is 11.5 Å². The van der Waals surface area contributed by atoms with Crippen LogP contribution in [0.4, 0.5) is 5.69 Å². The van der Waals surface area contributed by atoms with Gasteiger partial charge in [0, 0.05) is 17.4 Å². The van der Waals surface area contributed by atoms with Gasteiger partial charge in [0.05, 0.1) is 5.56 Å². The van der Waals surface area contributed by atoms with E-state index in [1.807, 2.05) is 12.1 Å². The molecule has 1 amide bonds. The Kier molecular flexibility index (Phi) is 4.57. The molecule has 3 aromatic rings. The molecule has 0 aliphatic carbocycles. The SMILES string of the molecule is CC(C)C(NC(=O)c1cccn2c(-c3ccc(N)cc3)nnc12)C(=O)O. The molecule has 0 aliphatic rings. The van der Waals surface area contributed by atoms with Gasteiger partial charge in [-0.2, -0.15) is 0 Å². The predicted octanol–water partition coefficient (Wildman–Crippen LogP) is 1.82. The quantitative estimate of drug-likeness (QED) is 0.601. The van der Waals surface area contributed by atoms with E-state index in [1.165, 1.54) is 0 Å². The van der Waals surface area contributed by atoms with Crippen LogP contribution in [0.1, 0.15) is 24.2 Å². The first-order valence-corrected chi connectivity index (χ1v) is 8.12. The fourth-order valence-electron chi connectivity index (χ4n) is 2.65. The second-order valence-electron chi connectivity index (χ2n) is 6.29. The number of pyridine rings is 1. The molecular weight excluding hydrogens is 334 g/mol. The first-order valence-electron chi connectivity index (χ1n) is 8.12. The number of nitrogens with two attached hydrogens (primary N) is 1. The van der Waals surface area contributed by atoms with E-state index in [-0.39, 0.29) is 11.5 Å². The van der Waals surface area contributed by atoms with E-state index in [2.05, 4.69) is 15.5 Å². The highest BCUT2D eigenvalue weighted by Crippen LogP contribution is 2.21. The number of fused-ring (bicyclic) bond motifs is 1. The van der Waals surface area contributed by atoms with E-state index >= 15 is 0 Å². The van der Waals surface area contributed by atoms with Crippen LogP contribution in [0.3, 0.4) is 0 Å². The zero-order valence-corrected chi connectivity index (χ0v) is 14.4. The van der Waals surface area contributed by atoms with Crippen LogP contribution in [0, 0.1) is 5.92 Å². The molecule has 0 radical (unpaired) electrons. The number of anilines is 1. The molecule has 0 spiro atoms. The van der Waals surface area contributed by atoms with Crippen LogP contribution in [0.25, 0.3) is 17.0 Å². The Bertz CT molecular complexity index is 963. The summed E-state index contributed by atoms with van der Waals surface area (Å²) in [5.41, 5.74) is 7.75. The maximum atomic E-state index is 12.6. The van der Waals surface area contributed by atoms with Crippen molar-refractivity contribution in [1.82, 2.24) is 19.9 Å². The summed E-state index contributed by atoms with van der Waals surface area (Å²) in [5, 5.41) is 20.1. The molecule has 1 atom stereocenters. The standard InChI is InChI=1S/C18H19N5O3/c1-10(2)14(18(25)26)20-17(24)13-4-3-9-23-15(21-22-16(13)23)11-5-7-12(19)8-6-11/h3-10,14H,19H2,1-2H3,(H,20,24)(H,25,26). The van der Waals surface area contributed by atoms with Gasteiger partial charge in [-0.25, -0.2) is 4.79 Å². The number of nitrogens with zero attached hydrogens (tertiary/aromatic N) is 3. The van der Waals surface area contributed by atoms with Crippen LogP contribution >= 0.6 is 0 Å². The van der Waals surface area contributed by atoms with E-state index in [1.54, 1.807) is 48.7 Å². The van der Waals surface area contributed by atoms with E-state index in [0.29, 0.717) is 17.2 Å². The summed E-state index contributed by atoms with van der Waals surface area (Å²) in [6, 6.07) is 9.44. The number of hydrogen-bond donors (Lipinski definition) is 3. The average Bonchev–Trinajstić information content (AvgIpc) is 3.03. The Balaban J connectivity index is 1.99. The van der Waals surface area contributed by atoms with Crippen LogP contribution in [-0.4, -0.2) is 37.6 Å². The maximum Gasteiger partial charge on any atom is 0.326 e. The van der Waals surface area contributed by atoms with Crippen molar-refractivity contribution < 1.29 is 14.7 Å². The lowest BCUT2D eigenvalue weighted by Crippen LogP contribution is -2.44. The molecule has 0 saturated heterocycles. The molecule has 134 valence electrons. The van der Waals surface area contributed by atoms with Gasteiger partial charge in [-0.15, -0.1) is 10.2 Å². The van der Waals surface area contributed by atoms with Crippen molar-refractivity contribution in [3.8, 4) is 11.4 Å². The number of hydrogen-bond acceptors (Lipinski definition) is 5. The normalized spacial score (nSPS) is 12.3. The first kappa shape index (κ1) is 17.4. The lowest BCUT2D eigenvalue weighted by atomic mass is 10.0. The highest BCUT2D eigenvalue weighted by Gasteiger charge is 2.25. The number of nitrogen functional groups attached to an aromatic ring is 1. The third-order valence-corrected chi connectivity index (χ3v) is 4.07. The fourth-order valence-corrected chi connectivity index (χ4v) is 2.65. The summed E-state index contributed by atoms with van der Waals surface area (Å²) in [6.07, 6.45) is 1.74. The minimum absolute atomic E-state index is 0.251. The lowest BCUT2D eigenvalue weighted by Gasteiger charge is -2.17. The smallest absolute Gasteiger partial charge is 0.326 e. The highest BCUT2D eigenvalue weighted by atomic mass is 16.4. The highest BCUT2D eigenvalue weighted by molar-refractivity contribution is 6.01. The van der Waals surface area contributed by atoms with Gasteiger partial charge in [-0.1, -0.05) is 13.8 Å². The number of nitrogens with one attached hydrogen (secondary N) is 1. The Labute approximate surface area is 149 Å². The van der Waals surface area contributed by atoms with Crippen molar-refractivity contribution in [2.24, 2.45) is 5.92 Å². The minimum Gasteiger partial charge on any atom is -0.480 e. The molecule has 3 rings (SSSR count). The topological polar surface area (TPSA) is 123 Å². The second-order valence-corrected chi connectivity index (χ2v) is 6.29. The zero-order valence-electron chi connectivity index (χ0n) is 14.4. The van der Waals surface area contributed by atoms with Gasteiger partial charge < -0.3 is 16.2 Å². The average molecular weight is 353 g/mol. The van der Waals surface area contributed by atoms with Crippen LogP contribution in [0.2, 0.25) is 0 Å². The van der Waals surface area contributed by atoms with Gasteiger partial charge in [-0.05, 0) is 42.3 Å². The van der Waals surface area contributed by atoms with E-state index in [9.17, 15) is 14.7 Å². The monoisotopic (exact) mass is 353 g/mol. The molecule has 0 bridgehead atoms. The van der Waals surface area contributed by atoms with Crippen molar-refractivity contribution in [3.05, 3.63) is 48.2 Å². The lowest BCUT2D eigenvalue weighted by molar-refractivity contribution is -0.140. The van der Waals surface area contributed by atoms with E-state index in [4.69, 9.17) is 5.73 Å². The van der Waals surface area contributed by atoms with Crippen molar-refractivity contribution in [2.45, 2.75) is 19.9 Å². The molecule has 1 aromatic carbocycles. The largest absolute Gasteiger partial charge is 0.480 e. The predicted molar refractivity (Wildman–Crippen MR) is 96.6 cm³/mol. The van der Waals surface area contributed by atoms with Crippen molar-refractivity contribution >= 4 is 23.2 Å². The number of carboxylic acid groups (broad SMARTS) is 1. The van der Waals surface area contributed by atoms with Crippen LogP contribution in [-0.2, 0) is 4.79 Å². The zero-order chi connectivity index (χ0) is 18.8. The van der Waals surface area contributed by atoms with Crippen LogP contribution in [0.15, 0.2) is 42.6 Å². The number of amides is 1. The molecule has 8 nitrogen and oxygen atoms in total. The molecule has 2 aromatic heterocycles. The Hall–Kier alpha value is -3.42. The van der Waals surface area contributed by atoms with Crippen LogP contribution < -0.4 is 11.1 Å². The Morgan fingerprint density at radius 1 is 1.15 bits per heavy atom. The molecule has 0 saturated carbocycles. The Morgan fingerprint density at radius 2 is 1.85 bits per heavy atom. The summed E-state index contributed by atoms with van der Waals surface area (Å²) < 4.78 is 1.69. The number of aromatic nitrogens is 3. The third kappa shape index (κ3) is 3.21. The number of carbonyl (C=O) groups excluding carboxylic acids is 1. The molecule has 0 aliphatic heterocycles. The maximum absolute atomic E-state index is 12.6. The number of carboxylic acids is 1. The summed E-state index contributed by atoms with van der Waals surface area (Å²) in [7, 11) is 0.